The number of rotatable bonds is 2. The fourth-order valence-corrected chi connectivity index (χ4v) is 2.04. The molecule has 0 fully saturated rings. The molecule has 0 bridgehead atoms. The van der Waals surface area contributed by atoms with Crippen LogP contribution in [-0.4, -0.2) is 4.43 Å². The molecule has 0 heterocycles. The summed E-state index contributed by atoms with van der Waals surface area (Å²) in [5, 5.41) is 0. The van der Waals surface area contributed by atoms with Crippen LogP contribution in [0.15, 0.2) is 24.3 Å². The first kappa shape index (κ1) is 8.77. The van der Waals surface area contributed by atoms with Crippen molar-refractivity contribution in [1.29, 1.82) is 0 Å². The van der Waals surface area contributed by atoms with Crippen LogP contribution in [0.1, 0.15) is 5.56 Å². The maximum Gasteiger partial charge on any atom is 0.0162 e. The Kier molecular flexibility index (Phi) is 3.98. The van der Waals surface area contributed by atoms with E-state index in [-0.39, 0.29) is 0 Å². The van der Waals surface area contributed by atoms with Gasteiger partial charge in [-0.3, -0.25) is 0 Å². The van der Waals surface area contributed by atoms with Crippen molar-refractivity contribution in [2.45, 2.75) is 6.42 Å². The molecule has 10 heavy (non-hydrogen) atoms. The molecule has 0 nitrogen and oxygen atoms in total. The molecule has 0 aliphatic rings. The summed E-state index contributed by atoms with van der Waals surface area (Å²) in [6, 6.07) is 8.53. The molecule has 0 aromatic heterocycles. The van der Waals surface area contributed by atoms with Crippen molar-refractivity contribution in [3.8, 4) is 0 Å². The zero-order valence-corrected chi connectivity index (χ0v) is 9.79. The quantitative estimate of drug-likeness (QED) is 0.563. The van der Waals surface area contributed by atoms with Crippen LogP contribution in [0.4, 0.5) is 0 Å². The highest BCUT2D eigenvalue weighted by atomic mass is 127. The first-order valence-electron chi connectivity index (χ1n) is 3.14. The van der Waals surface area contributed by atoms with Gasteiger partial charge in [0.2, 0.25) is 0 Å². The molecule has 1 rings (SSSR count). The Morgan fingerprint density at radius 3 is 2.50 bits per heavy atom. The van der Waals surface area contributed by atoms with Gasteiger partial charge >= 0.3 is 0 Å². The Morgan fingerprint density at radius 1 is 1.20 bits per heavy atom. The predicted octanol–water partition coefficient (Wildman–Crippen LogP) is 3.27. The van der Waals surface area contributed by atoms with Gasteiger partial charge in [-0.25, -0.2) is 0 Å². The zero-order chi connectivity index (χ0) is 7.40. The second-order valence-corrected chi connectivity index (χ2v) is 4.27. The monoisotopic (exact) mass is 358 g/mol. The van der Waals surface area contributed by atoms with E-state index < -0.39 is 0 Å². The minimum absolute atomic E-state index is 1.19. The van der Waals surface area contributed by atoms with Crippen molar-refractivity contribution in [3.63, 3.8) is 0 Å². The lowest BCUT2D eigenvalue weighted by molar-refractivity contribution is 1.16. The molecule has 0 aliphatic carbocycles. The Hall–Kier alpha value is 0.680. The van der Waals surface area contributed by atoms with Crippen molar-refractivity contribution < 1.29 is 0 Å². The average Bonchev–Trinajstić information content (AvgIpc) is 1.94. The minimum Gasteiger partial charge on any atom is -0.0860 e. The van der Waals surface area contributed by atoms with Crippen LogP contribution in [0.3, 0.4) is 0 Å². The molecule has 0 spiro atoms. The molecule has 0 saturated carbocycles. The molecule has 0 aliphatic heterocycles. The average molecular weight is 358 g/mol. The molecule has 1 aromatic rings. The van der Waals surface area contributed by atoms with Crippen molar-refractivity contribution in [3.05, 3.63) is 33.4 Å². The number of benzene rings is 1. The lowest BCUT2D eigenvalue weighted by Gasteiger charge is -1.99. The van der Waals surface area contributed by atoms with Crippen LogP contribution in [0, 0.1) is 3.57 Å². The second kappa shape index (κ2) is 4.54. The van der Waals surface area contributed by atoms with Gasteiger partial charge in [-0.15, -0.1) is 0 Å². The standard InChI is InChI=1S/C8H8I2/c9-6-5-7-3-1-2-4-8(7)10/h1-4H,5-6H2. The fourth-order valence-electron chi connectivity index (χ4n) is 0.803. The molecule has 0 amide bonds. The summed E-state index contributed by atoms with van der Waals surface area (Å²) in [6.07, 6.45) is 1.19. The van der Waals surface area contributed by atoms with Gasteiger partial charge < -0.3 is 0 Å². The van der Waals surface area contributed by atoms with Crippen LogP contribution >= 0.6 is 45.2 Å². The first-order chi connectivity index (χ1) is 4.84. The van der Waals surface area contributed by atoms with Crippen molar-refractivity contribution in [2.24, 2.45) is 0 Å². The maximum atomic E-state index is 2.40. The Labute approximate surface area is 88.7 Å². The van der Waals surface area contributed by atoms with Gasteiger partial charge in [0.15, 0.2) is 0 Å². The third-order valence-electron chi connectivity index (χ3n) is 1.32. The van der Waals surface area contributed by atoms with Gasteiger partial charge in [0.1, 0.15) is 0 Å². The Bertz CT molecular complexity index is 208. The number of aryl methyl sites for hydroxylation is 1. The van der Waals surface area contributed by atoms with Crippen LogP contribution in [0.2, 0.25) is 0 Å². The summed E-state index contributed by atoms with van der Waals surface area (Å²) in [5.74, 6) is 0. The Morgan fingerprint density at radius 2 is 1.90 bits per heavy atom. The predicted molar refractivity (Wildman–Crippen MR) is 61.8 cm³/mol. The molecular formula is C8H8I2. The van der Waals surface area contributed by atoms with E-state index in [1.807, 2.05) is 0 Å². The molecule has 2 heteroatoms. The highest BCUT2D eigenvalue weighted by molar-refractivity contribution is 14.1. The van der Waals surface area contributed by atoms with E-state index in [1.54, 1.807) is 0 Å². The van der Waals surface area contributed by atoms with E-state index in [0.717, 1.165) is 0 Å². The lowest BCUT2D eigenvalue weighted by Crippen LogP contribution is -1.88. The van der Waals surface area contributed by atoms with Crippen LogP contribution < -0.4 is 0 Å². The van der Waals surface area contributed by atoms with E-state index in [4.69, 9.17) is 0 Å². The van der Waals surface area contributed by atoms with Gasteiger partial charge in [0.05, 0.1) is 0 Å². The van der Waals surface area contributed by atoms with Crippen LogP contribution in [0.5, 0.6) is 0 Å². The summed E-state index contributed by atoms with van der Waals surface area (Å²) in [4.78, 5) is 0. The SMILES string of the molecule is ICCc1ccccc1I. The van der Waals surface area contributed by atoms with Gasteiger partial charge in [-0.1, -0.05) is 40.8 Å². The smallest absolute Gasteiger partial charge is 0.0162 e. The minimum atomic E-state index is 1.19. The molecule has 0 N–H and O–H groups in total. The molecule has 54 valence electrons. The number of hydrogen-bond acceptors (Lipinski definition) is 0. The van der Waals surface area contributed by atoms with E-state index in [1.165, 1.54) is 20.0 Å². The van der Waals surface area contributed by atoms with Crippen molar-refractivity contribution in [2.75, 3.05) is 4.43 Å². The van der Waals surface area contributed by atoms with E-state index in [2.05, 4.69) is 69.4 Å². The molecule has 1 aromatic carbocycles. The summed E-state index contributed by atoms with van der Waals surface area (Å²) in [6.45, 7) is 0. The third-order valence-corrected chi connectivity index (χ3v) is 2.91. The molecule has 0 radical (unpaired) electrons. The second-order valence-electron chi connectivity index (χ2n) is 2.03. The largest absolute Gasteiger partial charge is 0.0860 e. The highest BCUT2D eigenvalue weighted by Gasteiger charge is 1.94. The van der Waals surface area contributed by atoms with Crippen LogP contribution in [-0.2, 0) is 6.42 Å². The third kappa shape index (κ3) is 2.38. The molecule has 0 atom stereocenters. The van der Waals surface area contributed by atoms with Gasteiger partial charge in [0, 0.05) is 8.00 Å². The number of halogens is 2. The summed E-state index contributed by atoms with van der Waals surface area (Å²) in [5.41, 5.74) is 1.47. The van der Waals surface area contributed by atoms with Crippen molar-refractivity contribution >= 4 is 45.2 Å². The van der Waals surface area contributed by atoms with Gasteiger partial charge in [0.25, 0.3) is 0 Å². The molecule has 0 saturated heterocycles. The fraction of sp³-hybridized carbons (Fsp3) is 0.250. The van der Waals surface area contributed by atoms with Crippen molar-refractivity contribution in [1.82, 2.24) is 0 Å². The van der Waals surface area contributed by atoms with Gasteiger partial charge in [-0.2, -0.15) is 0 Å². The van der Waals surface area contributed by atoms with E-state index in [0.29, 0.717) is 0 Å². The Balaban J connectivity index is 2.81. The first-order valence-corrected chi connectivity index (χ1v) is 5.74. The molecular weight excluding hydrogens is 350 g/mol. The zero-order valence-electron chi connectivity index (χ0n) is 5.48. The number of alkyl halides is 1. The maximum absolute atomic E-state index is 2.40. The lowest BCUT2D eigenvalue weighted by atomic mass is 10.2. The van der Waals surface area contributed by atoms with Gasteiger partial charge in [-0.05, 0) is 40.6 Å². The van der Waals surface area contributed by atoms with E-state index >= 15 is 0 Å². The summed E-state index contributed by atoms with van der Waals surface area (Å²) in [7, 11) is 0. The number of hydrogen-bond donors (Lipinski definition) is 0. The summed E-state index contributed by atoms with van der Waals surface area (Å²) >= 11 is 4.78. The molecule has 0 unspecified atom stereocenters. The summed E-state index contributed by atoms with van der Waals surface area (Å²) < 4.78 is 2.59. The normalized spacial score (nSPS) is 9.80. The highest BCUT2D eigenvalue weighted by Crippen LogP contribution is 2.12. The topological polar surface area (TPSA) is 0 Å². The van der Waals surface area contributed by atoms with Crippen LogP contribution in [0.25, 0.3) is 0 Å². The van der Waals surface area contributed by atoms with E-state index in [9.17, 15) is 0 Å².